The fourth-order valence-electron chi connectivity index (χ4n) is 3.79. The molecule has 3 unspecified atom stereocenters. The van der Waals surface area contributed by atoms with E-state index < -0.39 is 5.97 Å². The van der Waals surface area contributed by atoms with Crippen molar-refractivity contribution in [2.75, 3.05) is 6.54 Å². The SMILES string of the molecule is Cc1cccc(CN2CC3CCCC3C2C(=O)O)n1. The first kappa shape index (κ1) is 12.6. The molecule has 4 nitrogen and oxygen atoms in total. The molecule has 2 aliphatic rings. The summed E-state index contributed by atoms with van der Waals surface area (Å²) in [5.74, 6) is 0.260. The van der Waals surface area contributed by atoms with Gasteiger partial charge in [0.15, 0.2) is 0 Å². The highest BCUT2D eigenvalue weighted by Crippen LogP contribution is 2.42. The Morgan fingerprint density at radius 3 is 3.05 bits per heavy atom. The van der Waals surface area contributed by atoms with E-state index in [0.29, 0.717) is 18.4 Å². The number of pyridine rings is 1. The summed E-state index contributed by atoms with van der Waals surface area (Å²) in [6, 6.07) is 5.64. The highest BCUT2D eigenvalue weighted by atomic mass is 16.4. The molecule has 3 rings (SSSR count). The van der Waals surface area contributed by atoms with Crippen LogP contribution in [0.3, 0.4) is 0 Å². The van der Waals surface area contributed by atoms with Gasteiger partial charge in [-0.3, -0.25) is 14.7 Å². The molecule has 1 aromatic heterocycles. The van der Waals surface area contributed by atoms with Crippen molar-refractivity contribution >= 4 is 5.97 Å². The summed E-state index contributed by atoms with van der Waals surface area (Å²) >= 11 is 0. The number of aryl methyl sites for hydroxylation is 1. The van der Waals surface area contributed by atoms with Crippen LogP contribution < -0.4 is 0 Å². The molecule has 0 aromatic carbocycles. The van der Waals surface area contributed by atoms with Crippen molar-refractivity contribution in [3.05, 3.63) is 29.6 Å². The van der Waals surface area contributed by atoms with E-state index in [1.165, 1.54) is 12.8 Å². The molecule has 2 heterocycles. The first-order chi connectivity index (χ1) is 9.15. The van der Waals surface area contributed by atoms with Crippen LogP contribution >= 0.6 is 0 Å². The lowest BCUT2D eigenvalue weighted by atomic mass is 9.94. The van der Waals surface area contributed by atoms with E-state index >= 15 is 0 Å². The fourth-order valence-corrected chi connectivity index (χ4v) is 3.79. The first-order valence-electron chi connectivity index (χ1n) is 7.04. The van der Waals surface area contributed by atoms with Gasteiger partial charge in [-0.15, -0.1) is 0 Å². The van der Waals surface area contributed by atoms with E-state index in [-0.39, 0.29) is 6.04 Å². The average molecular weight is 260 g/mol. The number of hydrogen-bond acceptors (Lipinski definition) is 3. The number of hydrogen-bond donors (Lipinski definition) is 1. The standard InChI is InChI=1S/C15H20N2O2/c1-10-4-2-6-12(16-10)9-17-8-11-5-3-7-13(11)14(17)15(18)19/h2,4,6,11,13-14H,3,5,7-9H2,1H3,(H,18,19). The van der Waals surface area contributed by atoms with Crippen molar-refractivity contribution in [3.63, 3.8) is 0 Å². The maximum absolute atomic E-state index is 11.5. The smallest absolute Gasteiger partial charge is 0.321 e. The molecule has 1 N–H and O–H groups in total. The second kappa shape index (κ2) is 4.93. The van der Waals surface area contributed by atoms with Crippen LogP contribution in [0.2, 0.25) is 0 Å². The molecule has 4 heteroatoms. The Hall–Kier alpha value is -1.42. The molecule has 0 bridgehead atoms. The molecule has 19 heavy (non-hydrogen) atoms. The van der Waals surface area contributed by atoms with Crippen LogP contribution in [0.15, 0.2) is 18.2 Å². The van der Waals surface area contributed by atoms with Crippen LogP contribution in [-0.4, -0.2) is 33.5 Å². The normalized spacial score (nSPS) is 30.5. The van der Waals surface area contributed by atoms with E-state index in [1.54, 1.807) is 0 Å². The van der Waals surface area contributed by atoms with Gasteiger partial charge < -0.3 is 5.11 Å². The number of fused-ring (bicyclic) bond motifs is 1. The zero-order chi connectivity index (χ0) is 13.4. The maximum Gasteiger partial charge on any atom is 0.321 e. The highest BCUT2D eigenvalue weighted by molar-refractivity contribution is 5.74. The third-order valence-electron chi connectivity index (χ3n) is 4.55. The molecular formula is C15H20N2O2. The van der Waals surface area contributed by atoms with Crippen LogP contribution in [-0.2, 0) is 11.3 Å². The maximum atomic E-state index is 11.5. The molecule has 1 aliphatic carbocycles. The number of carboxylic acid groups (broad SMARTS) is 1. The summed E-state index contributed by atoms with van der Waals surface area (Å²) < 4.78 is 0. The van der Waals surface area contributed by atoms with Gasteiger partial charge in [0.25, 0.3) is 0 Å². The van der Waals surface area contributed by atoms with E-state index in [4.69, 9.17) is 0 Å². The Kier molecular flexibility index (Phi) is 3.27. The molecule has 1 aliphatic heterocycles. The first-order valence-corrected chi connectivity index (χ1v) is 7.04. The quantitative estimate of drug-likeness (QED) is 0.904. The topological polar surface area (TPSA) is 53.4 Å². The molecule has 0 spiro atoms. The van der Waals surface area contributed by atoms with Crippen molar-refractivity contribution in [3.8, 4) is 0 Å². The molecule has 1 saturated heterocycles. The molecule has 0 radical (unpaired) electrons. The van der Waals surface area contributed by atoms with Crippen LogP contribution in [0, 0.1) is 18.8 Å². The van der Waals surface area contributed by atoms with Crippen LogP contribution in [0.1, 0.15) is 30.7 Å². The largest absolute Gasteiger partial charge is 0.480 e. The Labute approximate surface area is 113 Å². The Morgan fingerprint density at radius 1 is 1.47 bits per heavy atom. The average Bonchev–Trinajstić information content (AvgIpc) is 2.88. The number of likely N-dealkylation sites (tertiary alicyclic amines) is 1. The number of rotatable bonds is 3. The zero-order valence-electron chi connectivity index (χ0n) is 11.2. The predicted octanol–water partition coefficient (Wildman–Crippen LogP) is 2.08. The van der Waals surface area contributed by atoms with Crippen LogP contribution in [0.25, 0.3) is 0 Å². The van der Waals surface area contributed by atoms with Crippen molar-refractivity contribution in [2.45, 2.75) is 38.8 Å². The summed E-state index contributed by atoms with van der Waals surface area (Å²) in [4.78, 5) is 18.1. The van der Waals surface area contributed by atoms with Crippen LogP contribution in [0.5, 0.6) is 0 Å². The lowest BCUT2D eigenvalue weighted by molar-refractivity contribution is -0.143. The number of carbonyl (C=O) groups is 1. The molecule has 3 atom stereocenters. The van der Waals surface area contributed by atoms with Gasteiger partial charge in [-0.2, -0.15) is 0 Å². The van der Waals surface area contributed by atoms with Gasteiger partial charge in [-0.1, -0.05) is 12.5 Å². The molecule has 0 amide bonds. The third-order valence-corrected chi connectivity index (χ3v) is 4.55. The Morgan fingerprint density at radius 2 is 2.32 bits per heavy atom. The molecule has 2 fully saturated rings. The summed E-state index contributed by atoms with van der Waals surface area (Å²) in [7, 11) is 0. The van der Waals surface area contributed by atoms with Gasteiger partial charge >= 0.3 is 5.97 Å². The van der Waals surface area contributed by atoms with Crippen LogP contribution in [0.4, 0.5) is 0 Å². The Balaban J connectivity index is 1.78. The van der Waals surface area contributed by atoms with E-state index in [9.17, 15) is 9.90 Å². The summed E-state index contributed by atoms with van der Waals surface area (Å²) in [6.45, 7) is 3.54. The number of carboxylic acids is 1. The van der Waals surface area contributed by atoms with Crippen molar-refractivity contribution in [2.24, 2.45) is 11.8 Å². The lowest BCUT2D eigenvalue weighted by Gasteiger charge is -2.23. The minimum atomic E-state index is -0.665. The summed E-state index contributed by atoms with van der Waals surface area (Å²) in [6.07, 6.45) is 3.45. The second-order valence-electron chi connectivity index (χ2n) is 5.84. The minimum absolute atomic E-state index is 0.310. The zero-order valence-corrected chi connectivity index (χ0v) is 11.2. The molecule has 1 aromatic rings. The summed E-state index contributed by atoms with van der Waals surface area (Å²) in [5.41, 5.74) is 1.97. The van der Waals surface area contributed by atoms with Crippen molar-refractivity contribution in [1.82, 2.24) is 9.88 Å². The number of aliphatic carboxylic acids is 1. The molecule has 102 valence electrons. The van der Waals surface area contributed by atoms with Gasteiger partial charge in [0.05, 0.1) is 5.69 Å². The highest BCUT2D eigenvalue weighted by Gasteiger charge is 2.47. The van der Waals surface area contributed by atoms with Gasteiger partial charge in [0.2, 0.25) is 0 Å². The Bertz CT molecular complexity index is 489. The minimum Gasteiger partial charge on any atom is -0.480 e. The van der Waals surface area contributed by atoms with Gasteiger partial charge in [0.1, 0.15) is 6.04 Å². The predicted molar refractivity (Wildman–Crippen MR) is 71.6 cm³/mol. The fraction of sp³-hybridized carbons (Fsp3) is 0.600. The van der Waals surface area contributed by atoms with E-state index in [0.717, 1.165) is 24.4 Å². The lowest BCUT2D eigenvalue weighted by Crippen LogP contribution is -2.39. The van der Waals surface area contributed by atoms with Crippen molar-refractivity contribution < 1.29 is 9.90 Å². The second-order valence-corrected chi connectivity index (χ2v) is 5.84. The van der Waals surface area contributed by atoms with Crippen molar-refractivity contribution in [1.29, 1.82) is 0 Å². The van der Waals surface area contributed by atoms with Gasteiger partial charge in [-0.05, 0) is 43.7 Å². The number of nitrogens with zero attached hydrogens (tertiary/aromatic N) is 2. The monoisotopic (exact) mass is 260 g/mol. The number of aromatic nitrogens is 1. The van der Waals surface area contributed by atoms with Gasteiger partial charge in [0, 0.05) is 18.8 Å². The van der Waals surface area contributed by atoms with Gasteiger partial charge in [-0.25, -0.2) is 0 Å². The van der Waals surface area contributed by atoms with E-state index in [1.807, 2.05) is 25.1 Å². The molecule has 1 saturated carbocycles. The molecular weight excluding hydrogens is 240 g/mol. The third kappa shape index (κ3) is 2.37. The van der Waals surface area contributed by atoms with E-state index in [2.05, 4.69) is 9.88 Å². The summed E-state index contributed by atoms with van der Waals surface area (Å²) in [5, 5.41) is 9.50.